The molecule has 2 aliphatic rings. The van der Waals surface area contributed by atoms with Gasteiger partial charge in [-0.3, -0.25) is 9.69 Å². The molecule has 2 N–H and O–H groups in total. The molecule has 0 radical (unpaired) electrons. The van der Waals surface area contributed by atoms with Crippen molar-refractivity contribution in [2.75, 3.05) is 13.2 Å². The van der Waals surface area contributed by atoms with Crippen molar-refractivity contribution in [3.63, 3.8) is 0 Å². The van der Waals surface area contributed by atoms with E-state index in [4.69, 9.17) is 16.3 Å². The predicted molar refractivity (Wildman–Crippen MR) is 105 cm³/mol. The molecule has 6 heteroatoms. The summed E-state index contributed by atoms with van der Waals surface area (Å²) in [4.78, 5) is 14.5. The molecule has 1 fully saturated rings. The summed E-state index contributed by atoms with van der Waals surface area (Å²) in [5.74, 6) is 0.661. The number of fused-ring (bicyclic) bond motifs is 1. The normalized spacial score (nSPS) is 18.1. The van der Waals surface area contributed by atoms with E-state index in [-0.39, 0.29) is 17.7 Å². The van der Waals surface area contributed by atoms with Crippen molar-refractivity contribution >= 4 is 17.5 Å². The smallest absolute Gasteiger partial charge is 0.237 e. The Morgan fingerprint density at radius 1 is 1.30 bits per heavy atom. The van der Waals surface area contributed by atoms with Crippen molar-refractivity contribution in [1.82, 2.24) is 10.2 Å². The molecule has 0 saturated heterocycles. The number of benzene rings is 2. The Morgan fingerprint density at radius 3 is 2.85 bits per heavy atom. The van der Waals surface area contributed by atoms with E-state index < -0.39 is 0 Å². The summed E-state index contributed by atoms with van der Waals surface area (Å²) in [6, 6.07) is 11.3. The zero-order valence-electron chi connectivity index (χ0n) is 15.2. The van der Waals surface area contributed by atoms with Gasteiger partial charge >= 0.3 is 0 Å². The number of nitrogens with one attached hydrogen (secondary N) is 1. The number of ether oxygens (including phenoxy) is 1. The number of rotatable bonds is 4. The van der Waals surface area contributed by atoms with Gasteiger partial charge in [0, 0.05) is 29.7 Å². The fourth-order valence-corrected chi connectivity index (χ4v) is 3.59. The molecular formula is C21H23ClN2O3. The van der Waals surface area contributed by atoms with E-state index in [0.717, 1.165) is 29.5 Å². The number of carbonyl (C=O) groups is 1. The molecule has 27 heavy (non-hydrogen) atoms. The standard InChI is InChI=1S/C21H23ClN2O3/c1-13(21(26)23-18-5-6-18)24-7-8-27-20-16(12-24)9-15(11-19(20)25)14-3-2-4-17(22)10-14/h2-4,9-11,13,18,25H,5-8,12H2,1H3,(H,23,26)/t13-/m1/s1. The Bertz CT molecular complexity index is 867. The molecule has 1 aliphatic heterocycles. The molecular weight excluding hydrogens is 364 g/mol. The number of nitrogens with zero attached hydrogens (tertiary/aromatic N) is 1. The first-order chi connectivity index (χ1) is 13.0. The number of phenolic OH excluding ortho intramolecular Hbond substituents is 1. The number of aromatic hydroxyl groups is 1. The fraction of sp³-hybridized carbons (Fsp3) is 0.381. The minimum absolute atomic E-state index is 0.0520. The molecule has 142 valence electrons. The topological polar surface area (TPSA) is 61.8 Å². The number of carbonyl (C=O) groups excluding carboxylic acids is 1. The quantitative estimate of drug-likeness (QED) is 0.843. The second kappa shape index (κ2) is 7.41. The van der Waals surface area contributed by atoms with Crippen LogP contribution in [0.4, 0.5) is 0 Å². The first-order valence-corrected chi connectivity index (χ1v) is 9.68. The number of amides is 1. The summed E-state index contributed by atoms with van der Waals surface area (Å²) in [6.45, 7) is 3.51. The van der Waals surface area contributed by atoms with Crippen LogP contribution in [0.3, 0.4) is 0 Å². The van der Waals surface area contributed by atoms with Gasteiger partial charge in [0.2, 0.25) is 5.91 Å². The number of hydrogen-bond donors (Lipinski definition) is 2. The van der Waals surface area contributed by atoms with Gasteiger partial charge in [0.15, 0.2) is 11.5 Å². The Hall–Kier alpha value is -2.24. The van der Waals surface area contributed by atoms with Crippen LogP contribution in [0, 0.1) is 0 Å². The zero-order chi connectivity index (χ0) is 19.0. The minimum Gasteiger partial charge on any atom is -0.504 e. The van der Waals surface area contributed by atoms with E-state index in [2.05, 4.69) is 10.2 Å². The van der Waals surface area contributed by atoms with Gasteiger partial charge in [0.1, 0.15) is 6.61 Å². The highest BCUT2D eigenvalue weighted by Crippen LogP contribution is 2.38. The maximum absolute atomic E-state index is 12.5. The molecule has 0 aromatic heterocycles. The molecule has 0 spiro atoms. The van der Waals surface area contributed by atoms with Crippen molar-refractivity contribution < 1.29 is 14.6 Å². The van der Waals surface area contributed by atoms with Crippen LogP contribution < -0.4 is 10.1 Å². The van der Waals surface area contributed by atoms with Crippen LogP contribution >= 0.6 is 11.6 Å². The van der Waals surface area contributed by atoms with Gasteiger partial charge in [-0.15, -0.1) is 0 Å². The average Bonchev–Trinajstić information content (AvgIpc) is 3.47. The Kier molecular flexibility index (Phi) is 4.98. The average molecular weight is 387 g/mol. The number of hydrogen-bond acceptors (Lipinski definition) is 4. The maximum atomic E-state index is 12.5. The monoisotopic (exact) mass is 386 g/mol. The predicted octanol–water partition coefficient (Wildman–Crippen LogP) is 3.57. The highest BCUT2D eigenvalue weighted by atomic mass is 35.5. The molecule has 1 saturated carbocycles. The summed E-state index contributed by atoms with van der Waals surface area (Å²) in [6.07, 6.45) is 2.14. The van der Waals surface area contributed by atoms with Crippen LogP contribution in [0.5, 0.6) is 11.5 Å². The van der Waals surface area contributed by atoms with E-state index >= 15 is 0 Å². The van der Waals surface area contributed by atoms with Crippen molar-refractivity contribution in [2.24, 2.45) is 0 Å². The second-order valence-corrected chi connectivity index (χ2v) is 7.71. The molecule has 1 atom stereocenters. The van der Waals surface area contributed by atoms with Crippen LogP contribution in [0.25, 0.3) is 11.1 Å². The molecule has 1 aliphatic carbocycles. The SMILES string of the molecule is C[C@H](C(=O)NC1CC1)N1CCOc2c(O)cc(-c3cccc(Cl)c3)cc2C1. The van der Waals surface area contributed by atoms with Gasteiger partial charge in [0.25, 0.3) is 0 Å². The van der Waals surface area contributed by atoms with E-state index in [0.29, 0.717) is 36.5 Å². The molecule has 5 nitrogen and oxygen atoms in total. The highest BCUT2D eigenvalue weighted by Gasteiger charge is 2.30. The Balaban J connectivity index is 1.61. The van der Waals surface area contributed by atoms with Crippen molar-refractivity contribution in [1.29, 1.82) is 0 Å². The molecule has 1 heterocycles. The molecule has 4 rings (SSSR count). The maximum Gasteiger partial charge on any atom is 0.237 e. The van der Waals surface area contributed by atoms with Crippen molar-refractivity contribution in [2.45, 2.75) is 38.4 Å². The van der Waals surface area contributed by atoms with E-state index in [1.54, 1.807) is 6.07 Å². The van der Waals surface area contributed by atoms with Crippen LogP contribution in [0.2, 0.25) is 5.02 Å². The van der Waals surface area contributed by atoms with Gasteiger partial charge < -0.3 is 15.2 Å². The van der Waals surface area contributed by atoms with Gasteiger partial charge in [-0.1, -0.05) is 23.7 Å². The molecule has 0 bridgehead atoms. The lowest BCUT2D eigenvalue weighted by Gasteiger charge is -2.26. The second-order valence-electron chi connectivity index (χ2n) is 7.27. The minimum atomic E-state index is -0.253. The largest absolute Gasteiger partial charge is 0.504 e. The summed E-state index contributed by atoms with van der Waals surface area (Å²) in [7, 11) is 0. The first-order valence-electron chi connectivity index (χ1n) is 9.30. The van der Waals surface area contributed by atoms with E-state index in [1.807, 2.05) is 37.3 Å². The third-order valence-electron chi connectivity index (χ3n) is 5.15. The third kappa shape index (κ3) is 4.04. The van der Waals surface area contributed by atoms with Gasteiger partial charge in [-0.2, -0.15) is 0 Å². The number of halogens is 1. The fourth-order valence-electron chi connectivity index (χ4n) is 3.40. The number of phenols is 1. The molecule has 1 amide bonds. The van der Waals surface area contributed by atoms with Crippen molar-refractivity contribution in [3.8, 4) is 22.6 Å². The van der Waals surface area contributed by atoms with Gasteiger partial charge in [-0.25, -0.2) is 0 Å². The van der Waals surface area contributed by atoms with Gasteiger partial charge in [0.05, 0.1) is 6.04 Å². The molecule has 0 unspecified atom stereocenters. The van der Waals surface area contributed by atoms with Crippen LogP contribution in [-0.2, 0) is 11.3 Å². The summed E-state index contributed by atoms with van der Waals surface area (Å²) in [5, 5.41) is 14.2. The summed E-state index contributed by atoms with van der Waals surface area (Å²) in [5.41, 5.74) is 2.67. The first kappa shape index (κ1) is 18.1. The Labute approximate surface area is 163 Å². The van der Waals surface area contributed by atoms with Crippen LogP contribution in [-0.4, -0.2) is 41.1 Å². The lowest BCUT2D eigenvalue weighted by atomic mass is 10.0. The van der Waals surface area contributed by atoms with Crippen LogP contribution in [0.15, 0.2) is 36.4 Å². The zero-order valence-corrected chi connectivity index (χ0v) is 16.0. The highest BCUT2D eigenvalue weighted by molar-refractivity contribution is 6.30. The summed E-state index contributed by atoms with van der Waals surface area (Å²) >= 11 is 6.11. The van der Waals surface area contributed by atoms with E-state index in [9.17, 15) is 9.90 Å². The van der Waals surface area contributed by atoms with Gasteiger partial charge in [-0.05, 0) is 55.2 Å². The third-order valence-corrected chi connectivity index (χ3v) is 5.39. The summed E-state index contributed by atoms with van der Waals surface area (Å²) < 4.78 is 5.80. The lowest BCUT2D eigenvalue weighted by molar-refractivity contribution is -0.126. The van der Waals surface area contributed by atoms with Crippen LogP contribution in [0.1, 0.15) is 25.3 Å². The molecule has 2 aromatic rings. The molecule has 2 aromatic carbocycles. The lowest BCUT2D eigenvalue weighted by Crippen LogP contribution is -2.46. The van der Waals surface area contributed by atoms with E-state index in [1.165, 1.54) is 0 Å². The van der Waals surface area contributed by atoms with Crippen molar-refractivity contribution in [3.05, 3.63) is 47.0 Å². The Morgan fingerprint density at radius 2 is 2.11 bits per heavy atom.